The van der Waals surface area contributed by atoms with E-state index in [9.17, 15) is 68.1 Å². The van der Waals surface area contributed by atoms with Crippen molar-refractivity contribution in [3.05, 3.63) is 29.8 Å². The molecule has 0 unspecified atom stereocenters. The first-order chi connectivity index (χ1) is 30.1. The largest absolute Gasteiger partial charge is 0.508 e. The first kappa shape index (κ1) is 56.2. The number of aliphatic carboxylic acids is 2. The second-order valence-corrected chi connectivity index (χ2v) is 16.6. The number of carbonyl (C=O) groups excluding carboxylic acids is 9. The standard InChI is InChI=1S/C41H64N10O14/c1-18(2)13-28(41(64)65)49-38(61)27(16-31(55)56)47-37(60)26(15-29(43)53)48-39(62)32(19(3)4)51-40(63)33(20(5)6)50-35(58)22(8)45-30(54)17-44-34(57)21(7)46-36(59)25(42)14-23-9-11-24(52)12-10-23/h9-12,18-22,25-28,32-33,52H,13-17,42H2,1-8H3,(H2,43,53)(H,44,57)(H,45,54)(H,46,59)(H,47,60)(H,48,62)(H,49,61)(H,50,58)(H,51,63)(H,55,56)(H,64,65)/t21-,22+,25+,26+,27+,28+,32+,33+/m1/s1. The Morgan fingerprint density at radius 3 is 1.49 bits per heavy atom. The van der Waals surface area contributed by atoms with Gasteiger partial charge in [0.15, 0.2) is 0 Å². The summed E-state index contributed by atoms with van der Waals surface area (Å²) < 4.78 is 0. The Bertz CT molecular complexity index is 1890. The smallest absolute Gasteiger partial charge is 0.326 e. The zero-order valence-electron chi connectivity index (χ0n) is 37.7. The minimum Gasteiger partial charge on any atom is -0.508 e. The Kier molecular flexibility index (Phi) is 23.1. The number of phenols is 1. The highest BCUT2D eigenvalue weighted by molar-refractivity contribution is 5.99. The average molecular weight is 921 g/mol. The normalized spacial score (nSPS) is 14.8. The van der Waals surface area contributed by atoms with Crippen LogP contribution in [0.5, 0.6) is 5.75 Å². The van der Waals surface area contributed by atoms with Gasteiger partial charge in [-0.05, 0) is 62.1 Å². The number of carbonyl (C=O) groups is 11. The maximum Gasteiger partial charge on any atom is 0.326 e. The van der Waals surface area contributed by atoms with Crippen molar-refractivity contribution in [1.29, 1.82) is 0 Å². The van der Waals surface area contributed by atoms with E-state index in [0.717, 1.165) is 0 Å². The van der Waals surface area contributed by atoms with E-state index in [4.69, 9.17) is 11.5 Å². The van der Waals surface area contributed by atoms with E-state index >= 15 is 0 Å². The Balaban J connectivity index is 2.96. The molecule has 9 amide bonds. The van der Waals surface area contributed by atoms with Gasteiger partial charge >= 0.3 is 11.9 Å². The van der Waals surface area contributed by atoms with E-state index in [1.807, 2.05) is 0 Å². The van der Waals surface area contributed by atoms with Crippen LogP contribution in [-0.2, 0) is 59.2 Å². The van der Waals surface area contributed by atoms with Crippen LogP contribution >= 0.6 is 0 Å². The topological polar surface area (TPSA) is 397 Å². The minimum atomic E-state index is -1.85. The number of carboxylic acid groups (broad SMARTS) is 2. The lowest BCUT2D eigenvalue weighted by molar-refractivity contribution is -0.144. The number of nitrogens with two attached hydrogens (primary N) is 2. The summed E-state index contributed by atoms with van der Waals surface area (Å²) in [6.45, 7) is 11.7. The quantitative estimate of drug-likeness (QED) is 0.0409. The van der Waals surface area contributed by atoms with Gasteiger partial charge in [-0.3, -0.25) is 47.9 Å². The molecule has 0 saturated heterocycles. The third-order valence-electron chi connectivity index (χ3n) is 9.54. The molecule has 15 N–H and O–H groups in total. The summed E-state index contributed by atoms with van der Waals surface area (Å²) in [4.78, 5) is 140. The molecule has 1 rings (SSSR count). The van der Waals surface area contributed by atoms with Crippen LogP contribution in [0.2, 0.25) is 0 Å². The third kappa shape index (κ3) is 20.5. The predicted molar refractivity (Wildman–Crippen MR) is 230 cm³/mol. The molecule has 24 heteroatoms. The van der Waals surface area contributed by atoms with Crippen LogP contribution in [0.1, 0.15) is 80.2 Å². The van der Waals surface area contributed by atoms with Crippen molar-refractivity contribution in [3.63, 3.8) is 0 Å². The van der Waals surface area contributed by atoms with Crippen molar-refractivity contribution in [3.8, 4) is 5.75 Å². The molecule has 0 aliphatic heterocycles. The maximum atomic E-state index is 13.6. The second kappa shape index (κ2) is 26.7. The Morgan fingerprint density at radius 1 is 0.554 bits per heavy atom. The Labute approximate surface area is 375 Å². The van der Waals surface area contributed by atoms with Crippen molar-refractivity contribution >= 4 is 65.1 Å². The van der Waals surface area contributed by atoms with Gasteiger partial charge in [0.2, 0.25) is 53.2 Å². The van der Waals surface area contributed by atoms with E-state index in [-0.39, 0.29) is 24.5 Å². The van der Waals surface area contributed by atoms with E-state index in [0.29, 0.717) is 5.56 Å². The molecule has 0 bridgehead atoms. The summed E-state index contributed by atoms with van der Waals surface area (Å²) in [7, 11) is 0. The van der Waals surface area contributed by atoms with Crippen molar-refractivity contribution < 1.29 is 68.1 Å². The fourth-order valence-electron chi connectivity index (χ4n) is 5.93. The van der Waals surface area contributed by atoms with Crippen LogP contribution in [0.15, 0.2) is 24.3 Å². The molecule has 8 atom stereocenters. The molecule has 0 heterocycles. The van der Waals surface area contributed by atoms with Gasteiger partial charge in [0.05, 0.1) is 25.4 Å². The lowest BCUT2D eigenvalue weighted by Crippen LogP contribution is -2.61. The van der Waals surface area contributed by atoms with Crippen molar-refractivity contribution in [1.82, 2.24) is 42.5 Å². The highest BCUT2D eigenvalue weighted by Gasteiger charge is 2.36. The van der Waals surface area contributed by atoms with Crippen molar-refractivity contribution in [2.45, 2.75) is 129 Å². The lowest BCUT2D eigenvalue weighted by atomic mass is 9.99. The summed E-state index contributed by atoms with van der Waals surface area (Å²) in [5.41, 5.74) is 11.9. The molecule has 0 aliphatic rings. The second-order valence-electron chi connectivity index (χ2n) is 16.6. The highest BCUT2D eigenvalue weighted by atomic mass is 16.4. The molecule has 0 radical (unpaired) electrons. The molecule has 0 fully saturated rings. The molecular weight excluding hydrogens is 857 g/mol. The average Bonchev–Trinajstić information content (AvgIpc) is 3.19. The number of hydrogen-bond acceptors (Lipinski definition) is 13. The number of primary amides is 1. The van der Waals surface area contributed by atoms with Crippen LogP contribution in [-0.4, -0.2) is 135 Å². The number of carboxylic acids is 2. The zero-order chi connectivity index (χ0) is 49.9. The van der Waals surface area contributed by atoms with Gasteiger partial charge < -0.3 is 69.3 Å². The van der Waals surface area contributed by atoms with Crippen LogP contribution < -0.4 is 54.0 Å². The molecule has 0 aliphatic carbocycles. The van der Waals surface area contributed by atoms with Crippen molar-refractivity contribution in [2.75, 3.05) is 6.54 Å². The number of benzene rings is 1. The van der Waals surface area contributed by atoms with Gasteiger partial charge in [0.1, 0.15) is 48.0 Å². The van der Waals surface area contributed by atoms with Gasteiger partial charge in [-0.25, -0.2) is 4.79 Å². The molecule has 0 aromatic heterocycles. The lowest BCUT2D eigenvalue weighted by Gasteiger charge is -2.29. The SMILES string of the molecule is CC(C)C[C@H](NC(=O)[C@H](CC(=O)O)NC(=O)[C@H](CC(N)=O)NC(=O)[C@@H](NC(=O)[C@@H](NC(=O)[C@H](C)NC(=O)CNC(=O)[C@@H](C)NC(=O)[C@@H](N)Cc1ccc(O)cc1)C(C)C)C(C)C)C(=O)O. The van der Waals surface area contributed by atoms with E-state index in [1.54, 1.807) is 39.8 Å². The fourth-order valence-corrected chi connectivity index (χ4v) is 5.93. The number of nitrogens with one attached hydrogen (secondary N) is 8. The molecule has 24 nitrogen and oxygen atoms in total. The molecule has 1 aromatic rings. The van der Waals surface area contributed by atoms with E-state index in [1.165, 1.54) is 39.8 Å². The number of amides is 9. The van der Waals surface area contributed by atoms with Crippen LogP contribution in [0.25, 0.3) is 0 Å². The summed E-state index contributed by atoms with van der Waals surface area (Å²) in [6.07, 6.45) is -1.75. The fraction of sp³-hybridized carbons (Fsp3) is 0.585. The van der Waals surface area contributed by atoms with Crippen LogP contribution in [0.4, 0.5) is 0 Å². The Hall–Kier alpha value is -6.85. The predicted octanol–water partition coefficient (Wildman–Crippen LogP) is -3.40. The molecule has 362 valence electrons. The number of aromatic hydroxyl groups is 1. The van der Waals surface area contributed by atoms with Crippen LogP contribution in [0, 0.1) is 17.8 Å². The van der Waals surface area contributed by atoms with Crippen LogP contribution in [0.3, 0.4) is 0 Å². The van der Waals surface area contributed by atoms with Gasteiger partial charge in [-0.15, -0.1) is 0 Å². The zero-order valence-corrected chi connectivity index (χ0v) is 37.7. The molecule has 1 aromatic carbocycles. The number of phenolic OH excluding ortho intramolecular Hbond substituents is 1. The number of hydrogen-bond donors (Lipinski definition) is 13. The van der Waals surface area contributed by atoms with Gasteiger partial charge in [0.25, 0.3) is 0 Å². The first-order valence-corrected chi connectivity index (χ1v) is 20.8. The van der Waals surface area contributed by atoms with E-state index < -0.39 is 145 Å². The van der Waals surface area contributed by atoms with Gasteiger partial charge in [0, 0.05) is 0 Å². The third-order valence-corrected chi connectivity index (χ3v) is 9.54. The summed E-state index contributed by atoms with van der Waals surface area (Å²) in [5, 5.41) is 47.1. The molecular formula is C41H64N10O14. The first-order valence-electron chi connectivity index (χ1n) is 20.8. The minimum absolute atomic E-state index is 0.0256. The molecule has 0 saturated carbocycles. The van der Waals surface area contributed by atoms with Crippen molar-refractivity contribution in [2.24, 2.45) is 29.2 Å². The number of rotatable bonds is 27. The summed E-state index contributed by atoms with van der Waals surface area (Å²) in [5.74, 6) is -12.8. The van der Waals surface area contributed by atoms with Gasteiger partial charge in [-0.1, -0.05) is 53.7 Å². The van der Waals surface area contributed by atoms with Gasteiger partial charge in [-0.2, -0.15) is 0 Å². The summed E-state index contributed by atoms with van der Waals surface area (Å²) >= 11 is 0. The maximum absolute atomic E-state index is 13.6. The molecule has 0 spiro atoms. The summed E-state index contributed by atoms with van der Waals surface area (Å²) in [6, 6.07) is -5.11. The van der Waals surface area contributed by atoms with E-state index in [2.05, 4.69) is 42.5 Å². The Morgan fingerprint density at radius 2 is 1.02 bits per heavy atom. The highest BCUT2D eigenvalue weighted by Crippen LogP contribution is 2.12. The monoisotopic (exact) mass is 920 g/mol. The molecule has 65 heavy (non-hydrogen) atoms.